The van der Waals surface area contributed by atoms with Crippen LogP contribution in [0.5, 0.6) is 0 Å². The van der Waals surface area contributed by atoms with Crippen molar-refractivity contribution in [3.63, 3.8) is 0 Å². The lowest BCUT2D eigenvalue weighted by Gasteiger charge is -2.41. The average molecular weight is 447 g/mol. The Balaban J connectivity index is 1.68. The molecule has 2 aliphatic carbocycles. The van der Waals surface area contributed by atoms with Crippen LogP contribution in [0.4, 0.5) is 0 Å². The van der Waals surface area contributed by atoms with E-state index in [1.165, 1.54) is 40.9 Å². The van der Waals surface area contributed by atoms with Crippen LogP contribution in [-0.2, 0) is 24.7 Å². The predicted molar refractivity (Wildman–Crippen MR) is 140 cm³/mol. The van der Waals surface area contributed by atoms with Crippen LogP contribution in [0.3, 0.4) is 0 Å². The largest absolute Gasteiger partial charge is 0.261 e. The fourth-order valence-electron chi connectivity index (χ4n) is 7.40. The zero-order valence-electron chi connectivity index (χ0n) is 22.8. The fraction of sp³-hybridized carbons (Fsp3) is 0.677. The van der Waals surface area contributed by atoms with E-state index in [-0.39, 0.29) is 16.2 Å². The van der Waals surface area contributed by atoms with Gasteiger partial charge in [0, 0.05) is 29.7 Å². The molecule has 2 aromatic heterocycles. The van der Waals surface area contributed by atoms with Crippen molar-refractivity contribution in [1.29, 1.82) is 0 Å². The first-order valence-corrected chi connectivity index (χ1v) is 13.1. The minimum atomic E-state index is 0.0921. The molecule has 0 fully saturated rings. The molecule has 0 bridgehead atoms. The van der Waals surface area contributed by atoms with Crippen molar-refractivity contribution < 1.29 is 0 Å². The number of hydrogen-bond acceptors (Lipinski definition) is 2. The summed E-state index contributed by atoms with van der Waals surface area (Å²) in [5, 5.41) is 0. The van der Waals surface area contributed by atoms with Gasteiger partial charge in [0.1, 0.15) is 0 Å². The molecular formula is C31H46N2. The summed E-state index contributed by atoms with van der Waals surface area (Å²) < 4.78 is 0. The summed E-state index contributed by atoms with van der Waals surface area (Å²) in [4.78, 5) is 10.0. The summed E-state index contributed by atoms with van der Waals surface area (Å²) >= 11 is 0. The third-order valence-corrected chi connectivity index (χ3v) is 9.29. The number of aromatic nitrogens is 2. The lowest BCUT2D eigenvalue weighted by atomic mass is 9.63. The number of nitrogens with zero attached hydrogens (tertiary/aromatic N) is 2. The van der Waals surface area contributed by atoms with E-state index in [2.05, 4.69) is 93.6 Å². The Labute approximate surface area is 203 Å². The first kappa shape index (κ1) is 24.4. The number of fused-ring (bicyclic) bond motifs is 2. The maximum atomic E-state index is 5.09. The molecule has 0 aromatic carbocycles. The van der Waals surface area contributed by atoms with Gasteiger partial charge in [-0.05, 0) is 88.0 Å². The zero-order chi connectivity index (χ0) is 24.4. The van der Waals surface area contributed by atoms with Gasteiger partial charge in [-0.1, -0.05) is 75.3 Å². The smallest absolute Gasteiger partial charge is 0.0475 e. The van der Waals surface area contributed by atoms with E-state index in [4.69, 9.17) is 9.97 Å². The lowest BCUT2D eigenvalue weighted by molar-refractivity contribution is 0.127. The van der Waals surface area contributed by atoms with Gasteiger partial charge in [-0.2, -0.15) is 0 Å². The van der Waals surface area contributed by atoms with Crippen molar-refractivity contribution in [3.05, 3.63) is 58.7 Å². The molecule has 4 rings (SSSR count). The molecule has 4 unspecified atom stereocenters. The second kappa shape index (κ2) is 7.92. The molecule has 2 aliphatic rings. The monoisotopic (exact) mass is 446 g/mol. The molecule has 0 amide bonds. The molecule has 2 heterocycles. The maximum absolute atomic E-state index is 5.09. The SMILES string of the molecule is CCC1(C)c2cnc(CC(C)(C)C3c4ncccc4CC3C(C)(C)C)cc2CC1C(C)(C)C. The molecule has 0 spiro atoms. The van der Waals surface area contributed by atoms with Crippen molar-refractivity contribution in [2.24, 2.45) is 28.1 Å². The Bertz CT molecular complexity index is 1020. The molecule has 0 saturated heterocycles. The summed E-state index contributed by atoms with van der Waals surface area (Å²) in [5.41, 5.74) is 7.92. The highest BCUT2D eigenvalue weighted by molar-refractivity contribution is 5.41. The molecule has 2 nitrogen and oxygen atoms in total. The minimum Gasteiger partial charge on any atom is -0.261 e. The van der Waals surface area contributed by atoms with Crippen molar-refractivity contribution in [2.45, 2.75) is 106 Å². The highest BCUT2D eigenvalue weighted by Gasteiger charge is 2.49. The molecule has 0 aliphatic heterocycles. The molecule has 33 heavy (non-hydrogen) atoms. The zero-order valence-corrected chi connectivity index (χ0v) is 22.8. The Morgan fingerprint density at radius 1 is 0.939 bits per heavy atom. The van der Waals surface area contributed by atoms with Crippen LogP contribution in [0, 0.1) is 28.1 Å². The van der Waals surface area contributed by atoms with E-state index >= 15 is 0 Å². The molecule has 4 atom stereocenters. The molecule has 2 heteroatoms. The molecular weight excluding hydrogens is 400 g/mol. The van der Waals surface area contributed by atoms with Crippen molar-refractivity contribution in [2.75, 3.05) is 0 Å². The van der Waals surface area contributed by atoms with Crippen LogP contribution in [0.25, 0.3) is 0 Å². The first-order valence-electron chi connectivity index (χ1n) is 13.1. The molecule has 180 valence electrons. The van der Waals surface area contributed by atoms with Gasteiger partial charge in [0.15, 0.2) is 0 Å². The van der Waals surface area contributed by atoms with E-state index in [9.17, 15) is 0 Å². The first-order chi connectivity index (χ1) is 15.2. The van der Waals surface area contributed by atoms with Crippen LogP contribution in [-0.4, -0.2) is 9.97 Å². The van der Waals surface area contributed by atoms with Crippen molar-refractivity contribution in [3.8, 4) is 0 Å². The van der Waals surface area contributed by atoms with Gasteiger partial charge in [-0.25, -0.2) is 0 Å². The standard InChI is InChI=1S/C31H46N2/c1-11-31(10)24-19-33-22(15-21(24)17-25(31)29(5,6)7)18-30(8,9)26-23(28(2,3)4)16-20-13-12-14-32-27(20)26/h12-15,19,23,25-26H,11,16-18H2,1-10H3. The van der Waals surface area contributed by atoms with Crippen LogP contribution < -0.4 is 0 Å². The van der Waals surface area contributed by atoms with Gasteiger partial charge in [-0.15, -0.1) is 0 Å². The van der Waals surface area contributed by atoms with Crippen LogP contribution in [0.15, 0.2) is 30.6 Å². The van der Waals surface area contributed by atoms with E-state index in [0.717, 1.165) is 12.8 Å². The lowest BCUT2D eigenvalue weighted by Crippen LogP contribution is -2.36. The molecule has 2 aromatic rings. The van der Waals surface area contributed by atoms with Crippen LogP contribution >= 0.6 is 0 Å². The Kier molecular flexibility index (Phi) is 5.86. The number of rotatable bonds is 4. The second-order valence-corrected chi connectivity index (χ2v) is 14.1. The van der Waals surface area contributed by atoms with E-state index in [0.29, 0.717) is 23.2 Å². The predicted octanol–water partition coefficient (Wildman–Crippen LogP) is 7.93. The number of hydrogen-bond donors (Lipinski definition) is 0. The van der Waals surface area contributed by atoms with Crippen LogP contribution in [0.2, 0.25) is 0 Å². The van der Waals surface area contributed by atoms with Gasteiger partial charge < -0.3 is 0 Å². The normalized spacial score (nSPS) is 27.5. The van der Waals surface area contributed by atoms with Gasteiger partial charge in [-0.3, -0.25) is 9.97 Å². The summed E-state index contributed by atoms with van der Waals surface area (Å²) in [6.07, 6.45) is 8.71. The summed E-state index contributed by atoms with van der Waals surface area (Å²) in [5.74, 6) is 1.71. The van der Waals surface area contributed by atoms with Crippen molar-refractivity contribution >= 4 is 0 Å². The summed E-state index contributed by atoms with van der Waals surface area (Å²) in [7, 11) is 0. The third-order valence-electron chi connectivity index (χ3n) is 9.29. The summed E-state index contributed by atoms with van der Waals surface area (Å²) in [6, 6.07) is 6.85. The Morgan fingerprint density at radius 3 is 2.24 bits per heavy atom. The second-order valence-electron chi connectivity index (χ2n) is 14.1. The third kappa shape index (κ3) is 4.17. The topological polar surface area (TPSA) is 25.8 Å². The maximum Gasteiger partial charge on any atom is 0.0475 e. The molecule has 0 radical (unpaired) electrons. The van der Waals surface area contributed by atoms with E-state index in [1.807, 2.05) is 6.20 Å². The van der Waals surface area contributed by atoms with Gasteiger partial charge >= 0.3 is 0 Å². The quantitative estimate of drug-likeness (QED) is 0.476. The summed E-state index contributed by atoms with van der Waals surface area (Å²) in [6.45, 7) is 24.1. The van der Waals surface area contributed by atoms with Crippen molar-refractivity contribution in [1.82, 2.24) is 9.97 Å². The van der Waals surface area contributed by atoms with E-state index in [1.54, 1.807) is 0 Å². The highest BCUT2D eigenvalue weighted by atomic mass is 14.7. The highest BCUT2D eigenvalue weighted by Crippen LogP contribution is 2.55. The minimum absolute atomic E-state index is 0.0921. The van der Waals surface area contributed by atoms with E-state index < -0.39 is 0 Å². The van der Waals surface area contributed by atoms with Gasteiger partial charge in [0.25, 0.3) is 0 Å². The van der Waals surface area contributed by atoms with Gasteiger partial charge in [0.05, 0.1) is 0 Å². The Hall–Kier alpha value is -1.70. The molecule has 0 N–H and O–H groups in total. The number of pyridine rings is 2. The fourth-order valence-corrected chi connectivity index (χ4v) is 7.40. The van der Waals surface area contributed by atoms with Crippen LogP contribution in [0.1, 0.15) is 110 Å². The average Bonchev–Trinajstić information content (AvgIpc) is 3.24. The van der Waals surface area contributed by atoms with Gasteiger partial charge in [0.2, 0.25) is 0 Å². The Morgan fingerprint density at radius 2 is 1.64 bits per heavy atom. The molecule has 0 saturated carbocycles.